The predicted octanol–water partition coefficient (Wildman–Crippen LogP) is 4.72. The number of hydrazine groups is 1. The fourth-order valence-electron chi connectivity index (χ4n) is 3.33. The van der Waals surface area contributed by atoms with Crippen molar-refractivity contribution in [1.82, 2.24) is 20.7 Å². The van der Waals surface area contributed by atoms with Crippen LogP contribution in [0.4, 0.5) is 26.3 Å². The third-order valence-electron chi connectivity index (χ3n) is 4.77. The van der Waals surface area contributed by atoms with Gasteiger partial charge in [0.05, 0.1) is 11.1 Å². The van der Waals surface area contributed by atoms with Crippen LogP contribution in [0.5, 0.6) is 0 Å². The Bertz CT molecular complexity index is 906. The molecule has 0 spiro atoms. The standard InChI is InChI=1S/C18H12F6N4S2/c19-17(20,21)11-5-1-9(2-6-11)13-25-15(29)28-14(26-16(30)27(13)28)10-3-7-12(8-4-10)18(22,23)24/h1-8,13-14H,(H,25,29)(H,26,30)/t13-,14-/m1/s1. The molecule has 0 radical (unpaired) electrons. The summed E-state index contributed by atoms with van der Waals surface area (Å²) < 4.78 is 76.9. The summed E-state index contributed by atoms with van der Waals surface area (Å²) in [6.45, 7) is 0. The number of alkyl halides is 6. The van der Waals surface area contributed by atoms with Crippen LogP contribution in [0, 0.1) is 0 Å². The molecule has 158 valence electrons. The van der Waals surface area contributed by atoms with Crippen molar-refractivity contribution in [3.8, 4) is 0 Å². The summed E-state index contributed by atoms with van der Waals surface area (Å²) in [5.41, 5.74) is -0.586. The van der Waals surface area contributed by atoms with Crippen molar-refractivity contribution in [2.24, 2.45) is 0 Å². The molecule has 30 heavy (non-hydrogen) atoms. The summed E-state index contributed by atoms with van der Waals surface area (Å²) in [6, 6.07) is 9.12. The van der Waals surface area contributed by atoms with Gasteiger partial charge in [-0.1, -0.05) is 24.3 Å². The molecule has 2 aliphatic rings. The molecule has 4 nitrogen and oxygen atoms in total. The summed E-state index contributed by atoms with van der Waals surface area (Å²) in [4.78, 5) is 0. The molecule has 4 rings (SSSR count). The van der Waals surface area contributed by atoms with E-state index in [0.29, 0.717) is 11.1 Å². The quantitative estimate of drug-likeness (QED) is 0.497. The highest BCUT2D eigenvalue weighted by Gasteiger charge is 2.47. The van der Waals surface area contributed by atoms with Gasteiger partial charge in [0.2, 0.25) is 0 Å². The summed E-state index contributed by atoms with van der Waals surface area (Å²) in [7, 11) is 0. The molecule has 2 N–H and O–H groups in total. The Morgan fingerprint density at radius 1 is 0.600 bits per heavy atom. The molecule has 2 aromatic rings. The van der Waals surface area contributed by atoms with E-state index in [1.54, 1.807) is 10.0 Å². The second kappa shape index (κ2) is 6.98. The molecule has 0 unspecified atom stereocenters. The Balaban J connectivity index is 1.61. The molecule has 2 heterocycles. The minimum atomic E-state index is -4.46. The lowest BCUT2D eigenvalue weighted by Crippen LogP contribution is -2.36. The van der Waals surface area contributed by atoms with Crippen LogP contribution in [0.2, 0.25) is 0 Å². The first-order valence-electron chi connectivity index (χ1n) is 8.50. The normalized spacial score (nSPS) is 21.5. The van der Waals surface area contributed by atoms with Gasteiger partial charge >= 0.3 is 12.4 Å². The van der Waals surface area contributed by atoms with E-state index < -0.39 is 35.8 Å². The number of halogens is 6. The summed E-state index contributed by atoms with van der Waals surface area (Å²) in [5, 5.41) is 9.56. The highest BCUT2D eigenvalue weighted by Crippen LogP contribution is 2.38. The lowest BCUT2D eigenvalue weighted by molar-refractivity contribution is -0.138. The van der Waals surface area contributed by atoms with E-state index in [4.69, 9.17) is 24.4 Å². The molecule has 0 aromatic heterocycles. The molecule has 2 fully saturated rings. The monoisotopic (exact) mass is 462 g/mol. The zero-order chi connectivity index (χ0) is 21.8. The topological polar surface area (TPSA) is 30.5 Å². The summed E-state index contributed by atoms with van der Waals surface area (Å²) in [6.07, 6.45) is -10.2. The molecule has 2 aromatic carbocycles. The maximum atomic E-state index is 12.8. The van der Waals surface area contributed by atoms with Crippen LogP contribution < -0.4 is 10.6 Å². The SMILES string of the molecule is FC(F)(F)c1ccc([C@@H]2NC(=S)N3[C@H](c4ccc(C(F)(F)F)cc4)NC(=S)N23)cc1. The lowest BCUT2D eigenvalue weighted by atomic mass is 10.1. The largest absolute Gasteiger partial charge is 0.416 e. The molecular formula is C18H12F6N4S2. The van der Waals surface area contributed by atoms with E-state index in [2.05, 4.69) is 10.6 Å². The Kier molecular flexibility index (Phi) is 4.81. The van der Waals surface area contributed by atoms with Crippen LogP contribution in [0.25, 0.3) is 0 Å². The van der Waals surface area contributed by atoms with Gasteiger partial charge in [-0.05, 0) is 59.8 Å². The Hall–Kier alpha value is -2.60. The number of nitrogens with one attached hydrogen (secondary N) is 2. The maximum Gasteiger partial charge on any atom is 0.416 e. The minimum Gasteiger partial charge on any atom is -0.336 e. The molecule has 0 aliphatic carbocycles. The molecule has 12 heteroatoms. The van der Waals surface area contributed by atoms with Crippen molar-refractivity contribution in [3.63, 3.8) is 0 Å². The van der Waals surface area contributed by atoms with Crippen LogP contribution in [0.1, 0.15) is 34.6 Å². The zero-order valence-electron chi connectivity index (χ0n) is 14.8. The van der Waals surface area contributed by atoms with Crippen molar-refractivity contribution < 1.29 is 26.3 Å². The fourth-order valence-corrected chi connectivity index (χ4v) is 3.94. The maximum absolute atomic E-state index is 12.8. The van der Waals surface area contributed by atoms with Crippen molar-refractivity contribution in [2.45, 2.75) is 24.7 Å². The molecule has 0 amide bonds. The van der Waals surface area contributed by atoms with Gasteiger partial charge in [-0.2, -0.15) is 26.3 Å². The number of benzene rings is 2. The number of hydrogen-bond acceptors (Lipinski definition) is 2. The van der Waals surface area contributed by atoms with Gasteiger partial charge in [0, 0.05) is 0 Å². The van der Waals surface area contributed by atoms with E-state index in [9.17, 15) is 26.3 Å². The van der Waals surface area contributed by atoms with E-state index >= 15 is 0 Å². The van der Waals surface area contributed by atoms with Crippen molar-refractivity contribution in [2.75, 3.05) is 0 Å². The van der Waals surface area contributed by atoms with E-state index in [1.165, 1.54) is 24.3 Å². The number of thiocarbonyl (C=S) groups is 2. The van der Waals surface area contributed by atoms with Crippen molar-refractivity contribution in [1.29, 1.82) is 0 Å². The molecule has 0 bridgehead atoms. The smallest absolute Gasteiger partial charge is 0.336 e. The van der Waals surface area contributed by atoms with Gasteiger partial charge < -0.3 is 10.6 Å². The van der Waals surface area contributed by atoms with E-state index in [0.717, 1.165) is 24.3 Å². The summed E-state index contributed by atoms with van der Waals surface area (Å²) in [5.74, 6) is 0. The average molecular weight is 462 g/mol. The number of rotatable bonds is 2. The highest BCUT2D eigenvalue weighted by molar-refractivity contribution is 7.80. The Labute approximate surface area is 177 Å². The van der Waals surface area contributed by atoms with Crippen LogP contribution in [-0.2, 0) is 12.4 Å². The van der Waals surface area contributed by atoms with Gasteiger partial charge in [-0.25, -0.2) is 10.0 Å². The molecular weight excluding hydrogens is 450 g/mol. The van der Waals surface area contributed by atoms with Gasteiger partial charge in [-0.15, -0.1) is 0 Å². The van der Waals surface area contributed by atoms with Gasteiger partial charge in [0.1, 0.15) is 12.3 Å². The van der Waals surface area contributed by atoms with E-state index in [1.807, 2.05) is 0 Å². The first-order valence-corrected chi connectivity index (χ1v) is 9.32. The molecule has 2 atom stereocenters. The van der Waals surface area contributed by atoms with Crippen LogP contribution in [0.15, 0.2) is 48.5 Å². The molecule has 2 aliphatic heterocycles. The van der Waals surface area contributed by atoms with Crippen molar-refractivity contribution in [3.05, 3.63) is 70.8 Å². The first kappa shape index (κ1) is 20.7. The molecule has 2 saturated heterocycles. The number of hydrogen-bond donors (Lipinski definition) is 2. The predicted molar refractivity (Wildman–Crippen MR) is 104 cm³/mol. The zero-order valence-corrected chi connectivity index (χ0v) is 16.4. The van der Waals surface area contributed by atoms with Gasteiger partial charge in [-0.3, -0.25) is 0 Å². The Morgan fingerprint density at radius 2 is 0.900 bits per heavy atom. The van der Waals surface area contributed by atoms with Crippen LogP contribution in [0.3, 0.4) is 0 Å². The third-order valence-corrected chi connectivity index (χ3v) is 5.38. The fraction of sp³-hybridized carbons (Fsp3) is 0.222. The van der Waals surface area contributed by atoms with Crippen molar-refractivity contribution >= 4 is 34.7 Å². The van der Waals surface area contributed by atoms with Gasteiger partial charge in [0.25, 0.3) is 0 Å². The van der Waals surface area contributed by atoms with Crippen LogP contribution >= 0.6 is 24.4 Å². The lowest BCUT2D eigenvalue weighted by Gasteiger charge is -2.27. The third kappa shape index (κ3) is 3.54. The minimum absolute atomic E-state index is 0.233. The van der Waals surface area contributed by atoms with E-state index in [-0.39, 0.29) is 10.2 Å². The Morgan fingerprint density at radius 3 is 1.17 bits per heavy atom. The number of fused-ring (bicyclic) bond motifs is 1. The van der Waals surface area contributed by atoms with Gasteiger partial charge in [0.15, 0.2) is 10.2 Å². The summed E-state index contributed by atoms with van der Waals surface area (Å²) >= 11 is 10.7. The first-order chi connectivity index (χ1) is 14.0. The molecule has 0 saturated carbocycles. The van der Waals surface area contributed by atoms with Crippen LogP contribution in [-0.4, -0.2) is 20.2 Å². The number of nitrogens with zero attached hydrogens (tertiary/aromatic N) is 2. The second-order valence-electron chi connectivity index (χ2n) is 6.63. The average Bonchev–Trinajstić information content (AvgIpc) is 3.19. The second-order valence-corrected chi connectivity index (χ2v) is 7.41. The highest BCUT2D eigenvalue weighted by atomic mass is 32.1.